The molecule has 1 aliphatic carbocycles. The molecular formula is C23H25N3O4. The SMILES string of the molecule is CN(C(=O)c1ccccc1NC(=O)/C=C/c1cccc([N+](=O)[O-])c1)C1CCCCC1. The van der Waals surface area contributed by atoms with Crippen LogP contribution in [0.2, 0.25) is 0 Å². The van der Waals surface area contributed by atoms with E-state index in [2.05, 4.69) is 5.32 Å². The van der Waals surface area contributed by atoms with Crippen LogP contribution in [-0.2, 0) is 4.79 Å². The van der Waals surface area contributed by atoms with Crippen molar-refractivity contribution in [3.63, 3.8) is 0 Å². The number of nitro groups is 1. The van der Waals surface area contributed by atoms with Gasteiger partial charge in [-0.05, 0) is 36.6 Å². The topological polar surface area (TPSA) is 92.6 Å². The van der Waals surface area contributed by atoms with Gasteiger partial charge < -0.3 is 10.2 Å². The number of nitro benzene ring substituents is 1. The molecule has 3 rings (SSSR count). The van der Waals surface area contributed by atoms with Crippen molar-refractivity contribution in [2.24, 2.45) is 0 Å². The highest BCUT2D eigenvalue weighted by molar-refractivity contribution is 6.07. The van der Waals surface area contributed by atoms with E-state index in [0.717, 1.165) is 25.7 Å². The molecule has 1 aliphatic rings. The van der Waals surface area contributed by atoms with Gasteiger partial charge in [-0.3, -0.25) is 19.7 Å². The zero-order valence-corrected chi connectivity index (χ0v) is 16.9. The van der Waals surface area contributed by atoms with Gasteiger partial charge in [-0.25, -0.2) is 0 Å². The number of para-hydroxylation sites is 1. The predicted molar refractivity (Wildman–Crippen MR) is 116 cm³/mol. The molecule has 0 spiro atoms. The highest BCUT2D eigenvalue weighted by atomic mass is 16.6. The third kappa shape index (κ3) is 5.31. The molecule has 0 aromatic heterocycles. The molecule has 0 atom stereocenters. The number of anilines is 1. The van der Waals surface area contributed by atoms with Crippen LogP contribution in [0, 0.1) is 10.1 Å². The number of nitrogens with zero attached hydrogens (tertiary/aromatic N) is 2. The van der Waals surface area contributed by atoms with Gasteiger partial charge in [-0.1, -0.05) is 43.5 Å². The molecule has 2 aromatic carbocycles. The molecule has 7 nitrogen and oxygen atoms in total. The zero-order chi connectivity index (χ0) is 21.5. The Kier molecular flexibility index (Phi) is 6.95. The van der Waals surface area contributed by atoms with Crippen molar-refractivity contribution in [1.29, 1.82) is 0 Å². The Bertz CT molecular complexity index is 964. The first-order chi connectivity index (χ1) is 14.5. The number of nitrogens with one attached hydrogen (secondary N) is 1. The van der Waals surface area contributed by atoms with E-state index in [1.165, 1.54) is 30.7 Å². The van der Waals surface area contributed by atoms with E-state index in [1.807, 2.05) is 7.05 Å². The summed E-state index contributed by atoms with van der Waals surface area (Å²) in [6, 6.07) is 13.2. The number of hydrogen-bond acceptors (Lipinski definition) is 4. The van der Waals surface area contributed by atoms with Gasteiger partial charge >= 0.3 is 0 Å². The molecule has 2 amide bonds. The van der Waals surface area contributed by atoms with Gasteiger partial charge in [0.15, 0.2) is 0 Å². The quantitative estimate of drug-likeness (QED) is 0.428. The molecule has 0 heterocycles. The summed E-state index contributed by atoms with van der Waals surface area (Å²) in [7, 11) is 1.82. The molecule has 0 saturated heterocycles. The maximum Gasteiger partial charge on any atom is 0.270 e. The van der Waals surface area contributed by atoms with Crippen LogP contribution in [-0.4, -0.2) is 34.7 Å². The lowest BCUT2D eigenvalue weighted by atomic mass is 9.94. The Morgan fingerprint density at radius 1 is 1.10 bits per heavy atom. The molecule has 0 aliphatic heterocycles. The second kappa shape index (κ2) is 9.82. The summed E-state index contributed by atoms with van der Waals surface area (Å²) < 4.78 is 0. The van der Waals surface area contributed by atoms with Gasteiger partial charge in [-0.15, -0.1) is 0 Å². The third-order valence-corrected chi connectivity index (χ3v) is 5.37. The number of amides is 2. The summed E-state index contributed by atoms with van der Waals surface area (Å²) in [4.78, 5) is 37.6. The number of hydrogen-bond donors (Lipinski definition) is 1. The van der Waals surface area contributed by atoms with Crippen molar-refractivity contribution >= 4 is 29.3 Å². The highest BCUT2D eigenvalue weighted by Crippen LogP contribution is 2.25. The maximum absolute atomic E-state index is 13.0. The highest BCUT2D eigenvalue weighted by Gasteiger charge is 2.24. The lowest BCUT2D eigenvalue weighted by Gasteiger charge is -2.31. The molecule has 2 aromatic rings. The van der Waals surface area contributed by atoms with Gasteiger partial charge in [-0.2, -0.15) is 0 Å². The minimum Gasteiger partial charge on any atom is -0.339 e. The van der Waals surface area contributed by atoms with Crippen LogP contribution in [0.3, 0.4) is 0 Å². The number of carbonyl (C=O) groups is 2. The monoisotopic (exact) mass is 407 g/mol. The van der Waals surface area contributed by atoms with Crippen molar-refractivity contribution in [3.05, 3.63) is 75.8 Å². The number of rotatable bonds is 6. The van der Waals surface area contributed by atoms with Gasteiger partial charge in [0.1, 0.15) is 0 Å². The average molecular weight is 407 g/mol. The van der Waals surface area contributed by atoms with E-state index < -0.39 is 10.8 Å². The van der Waals surface area contributed by atoms with Crippen LogP contribution in [0.15, 0.2) is 54.6 Å². The van der Waals surface area contributed by atoms with Crippen molar-refractivity contribution < 1.29 is 14.5 Å². The fraction of sp³-hybridized carbons (Fsp3) is 0.304. The number of carbonyl (C=O) groups excluding carboxylic acids is 2. The van der Waals surface area contributed by atoms with E-state index in [1.54, 1.807) is 41.3 Å². The van der Waals surface area contributed by atoms with Crippen molar-refractivity contribution in [2.75, 3.05) is 12.4 Å². The second-order valence-electron chi connectivity index (χ2n) is 7.43. The number of benzene rings is 2. The van der Waals surface area contributed by atoms with Crippen molar-refractivity contribution in [3.8, 4) is 0 Å². The first-order valence-corrected chi connectivity index (χ1v) is 10.1. The fourth-order valence-electron chi connectivity index (χ4n) is 3.69. The first kappa shape index (κ1) is 21.2. The largest absolute Gasteiger partial charge is 0.339 e. The average Bonchev–Trinajstić information content (AvgIpc) is 2.78. The van der Waals surface area contributed by atoms with Gasteiger partial charge in [0.05, 0.1) is 16.2 Å². The van der Waals surface area contributed by atoms with Gasteiger partial charge in [0.25, 0.3) is 11.6 Å². The van der Waals surface area contributed by atoms with E-state index in [4.69, 9.17) is 0 Å². The molecule has 0 radical (unpaired) electrons. The zero-order valence-electron chi connectivity index (χ0n) is 16.9. The molecule has 1 fully saturated rings. The summed E-state index contributed by atoms with van der Waals surface area (Å²) in [6.07, 6.45) is 8.27. The Balaban J connectivity index is 1.71. The van der Waals surface area contributed by atoms with Crippen LogP contribution >= 0.6 is 0 Å². The Morgan fingerprint density at radius 2 is 1.83 bits per heavy atom. The second-order valence-corrected chi connectivity index (χ2v) is 7.43. The summed E-state index contributed by atoms with van der Waals surface area (Å²) >= 11 is 0. The fourth-order valence-corrected chi connectivity index (χ4v) is 3.69. The van der Waals surface area contributed by atoms with Crippen molar-refractivity contribution in [1.82, 2.24) is 4.90 Å². The molecule has 7 heteroatoms. The van der Waals surface area contributed by atoms with E-state index in [0.29, 0.717) is 16.8 Å². The molecule has 30 heavy (non-hydrogen) atoms. The van der Waals surface area contributed by atoms with E-state index >= 15 is 0 Å². The van der Waals surface area contributed by atoms with Crippen LogP contribution < -0.4 is 5.32 Å². The molecule has 0 unspecified atom stereocenters. The molecule has 0 bridgehead atoms. The Morgan fingerprint density at radius 3 is 2.57 bits per heavy atom. The van der Waals surface area contributed by atoms with Crippen LogP contribution in [0.1, 0.15) is 48.0 Å². The summed E-state index contributed by atoms with van der Waals surface area (Å²) in [5, 5.41) is 13.6. The first-order valence-electron chi connectivity index (χ1n) is 10.1. The Labute approximate surface area is 175 Å². The summed E-state index contributed by atoms with van der Waals surface area (Å²) in [5.74, 6) is -0.525. The van der Waals surface area contributed by atoms with E-state index in [9.17, 15) is 19.7 Å². The molecule has 156 valence electrons. The Hall–Kier alpha value is -3.48. The molecule has 1 N–H and O–H groups in total. The smallest absolute Gasteiger partial charge is 0.270 e. The molecular weight excluding hydrogens is 382 g/mol. The van der Waals surface area contributed by atoms with Crippen LogP contribution in [0.4, 0.5) is 11.4 Å². The lowest BCUT2D eigenvalue weighted by molar-refractivity contribution is -0.384. The predicted octanol–water partition coefficient (Wildman–Crippen LogP) is 4.65. The molecule has 1 saturated carbocycles. The maximum atomic E-state index is 13.0. The summed E-state index contributed by atoms with van der Waals surface area (Å²) in [6.45, 7) is 0. The summed E-state index contributed by atoms with van der Waals surface area (Å²) in [5.41, 5.74) is 1.39. The van der Waals surface area contributed by atoms with Crippen molar-refractivity contribution in [2.45, 2.75) is 38.1 Å². The standard InChI is InChI=1S/C23H25N3O4/c1-25(18-9-3-2-4-10-18)23(28)20-12-5-6-13-21(20)24-22(27)15-14-17-8-7-11-19(16-17)26(29)30/h5-8,11-16,18H,2-4,9-10H2,1H3,(H,24,27)/b15-14+. The minimum atomic E-state index is -0.484. The lowest BCUT2D eigenvalue weighted by Crippen LogP contribution is -2.38. The number of non-ortho nitro benzene ring substituents is 1. The van der Waals surface area contributed by atoms with Gasteiger partial charge in [0, 0.05) is 31.3 Å². The van der Waals surface area contributed by atoms with Crippen LogP contribution in [0.25, 0.3) is 6.08 Å². The third-order valence-electron chi connectivity index (χ3n) is 5.37. The van der Waals surface area contributed by atoms with E-state index in [-0.39, 0.29) is 17.6 Å². The van der Waals surface area contributed by atoms with Crippen LogP contribution in [0.5, 0.6) is 0 Å². The van der Waals surface area contributed by atoms with Gasteiger partial charge in [0.2, 0.25) is 5.91 Å². The minimum absolute atomic E-state index is 0.0424. The normalized spacial score (nSPS) is 14.4.